The molecular formula is C18H24FIN4O2. The number of guanidine groups is 1. The van der Waals surface area contributed by atoms with Gasteiger partial charge in [-0.25, -0.2) is 4.39 Å². The molecule has 3 aliphatic heterocycles. The van der Waals surface area contributed by atoms with Crippen molar-refractivity contribution in [3.8, 4) is 0 Å². The molecule has 4 rings (SSSR count). The van der Waals surface area contributed by atoms with E-state index in [4.69, 9.17) is 4.74 Å². The van der Waals surface area contributed by atoms with Gasteiger partial charge in [0, 0.05) is 37.7 Å². The van der Waals surface area contributed by atoms with E-state index in [2.05, 4.69) is 20.5 Å². The number of likely N-dealkylation sites (tertiary alicyclic amines) is 1. The summed E-state index contributed by atoms with van der Waals surface area (Å²) in [6.07, 6.45) is 3.15. The molecule has 2 bridgehead atoms. The van der Waals surface area contributed by atoms with Crippen molar-refractivity contribution in [2.24, 2.45) is 16.8 Å². The van der Waals surface area contributed by atoms with Gasteiger partial charge in [-0.3, -0.25) is 9.79 Å². The highest BCUT2D eigenvalue weighted by Gasteiger charge is 2.53. The van der Waals surface area contributed by atoms with Crippen molar-refractivity contribution in [3.05, 3.63) is 30.1 Å². The second kappa shape index (κ2) is 8.08. The topological polar surface area (TPSA) is 66.0 Å². The molecule has 1 aromatic carbocycles. The number of amides is 1. The van der Waals surface area contributed by atoms with Crippen LogP contribution in [0.1, 0.15) is 12.8 Å². The summed E-state index contributed by atoms with van der Waals surface area (Å²) in [5.41, 5.74) is 0.576. The highest BCUT2D eigenvalue weighted by atomic mass is 127. The molecule has 8 heteroatoms. The summed E-state index contributed by atoms with van der Waals surface area (Å²) in [6.45, 7) is 2.00. The van der Waals surface area contributed by atoms with E-state index in [-0.39, 0.29) is 42.2 Å². The maximum absolute atomic E-state index is 12.9. The van der Waals surface area contributed by atoms with Gasteiger partial charge >= 0.3 is 0 Å². The van der Waals surface area contributed by atoms with Gasteiger partial charge < -0.3 is 20.3 Å². The molecule has 1 aromatic rings. The summed E-state index contributed by atoms with van der Waals surface area (Å²) < 4.78 is 18.9. The molecule has 6 nitrogen and oxygen atoms in total. The van der Waals surface area contributed by atoms with E-state index < -0.39 is 0 Å². The number of carbonyl (C=O) groups is 1. The van der Waals surface area contributed by atoms with Crippen LogP contribution in [-0.2, 0) is 9.53 Å². The quantitative estimate of drug-likeness (QED) is 0.400. The van der Waals surface area contributed by atoms with Gasteiger partial charge in [0.2, 0.25) is 5.91 Å². The number of anilines is 1. The van der Waals surface area contributed by atoms with Gasteiger partial charge in [-0.15, -0.1) is 24.0 Å². The van der Waals surface area contributed by atoms with Crippen molar-refractivity contribution in [2.75, 3.05) is 32.0 Å². The first kappa shape index (κ1) is 19.3. The first-order valence-corrected chi connectivity index (χ1v) is 8.80. The largest absolute Gasteiger partial charge is 0.374 e. The molecule has 0 aliphatic carbocycles. The number of aliphatic imine (C=N–C) groups is 1. The van der Waals surface area contributed by atoms with E-state index in [1.165, 1.54) is 25.0 Å². The standard InChI is InChI=1S/C18H23FN4O2.HI/c1-20-18(21-8-17(24)22-12-4-2-11(19)3-5-12)23-9-13-14(10-23)16-7-6-15(13)25-16;/h2-5,13-16H,6-10H2,1H3,(H,20,21)(H,22,24);1H. The first-order chi connectivity index (χ1) is 12.1. The van der Waals surface area contributed by atoms with Crippen LogP contribution in [0.3, 0.4) is 0 Å². The Morgan fingerprint density at radius 1 is 1.23 bits per heavy atom. The highest BCUT2D eigenvalue weighted by Crippen LogP contribution is 2.47. The number of fused-ring (bicyclic) bond motifs is 5. The molecule has 0 radical (unpaired) electrons. The molecule has 142 valence electrons. The van der Waals surface area contributed by atoms with Crippen LogP contribution in [0.5, 0.6) is 0 Å². The lowest BCUT2D eigenvalue weighted by Crippen LogP contribution is -2.44. The molecule has 2 N–H and O–H groups in total. The highest BCUT2D eigenvalue weighted by molar-refractivity contribution is 14.0. The van der Waals surface area contributed by atoms with Crippen LogP contribution >= 0.6 is 24.0 Å². The molecule has 26 heavy (non-hydrogen) atoms. The Labute approximate surface area is 169 Å². The average molecular weight is 474 g/mol. The molecule has 3 heterocycles. The number of nitrogens with one attached hydrogen (secondary N) is 2. The van der Waals surface area contributed by atoms with Crippen molar-refractivity contribution in [1.82, 2.24) is 10.2 Å². The molecule has 4 atom stereocenters. The second-order valence-corrected chi connectivity index (χ2v) is 6.98. The zero-order valence-corrected chi connectivity index (χ0v) is 17.0. The minimum Gasteiger partial charge on any atom is -0.374 e. The molecule has 0 spiro atoms. The molecular weight excluding hydrogens is 450 g/mol. The lowest BCUT2D eigenvalue weighted by molar-refractivity contribution is -0.115. The number of rotatable bonds is 3. The van der Waals surface area contributed by atoms with Gasteiger partial charge in [0.15, 0.2) is 5.96 Å². The van der Waals surface area contributed by atoms with E-state index in [9.17, 15) is 9.18 Å². The lowest BCUT2D eigenvalue weighted by atomic mass is 9.82. The number of nitrogens with zero attached hydrogens (tertiary/aromatic N) is 2. The van der Waals surface area contributed by atoms with Crippen LogP contribution in [0.4, 0.5) is 10.1 Å². The normalized spacial score (nSPS) is 29.3. The van der Waals surface area contributed by atoms with Gasteiger partial charge in [-0.1, -0.05) is 0 Å². The third kappa shape index (κ3) is 3.80. The van der Waals surface area contributed by atoms with E-state index in [0.29, 0.717) is 29.7 Å². The molecule has 0 saturated carbocycles. The van der Waals surface area contributed by atoms with E-state index >= 15 is 0 Å². The summed E-state index contributed by atoms with van der Waals surface area (Å²) in [5, 5.41) is 5.87. The van der Waals surface area contributed by atoms with Gasteiger partial charge in [0.1, 0.15) is 5.82 Å². The van der Waals surface area contributed by atoms with Crippen molar-refractivity contribution >= 4 is 41.5 Å². The van der Waals surface area contributed by atoms with Crippen LogP contribution in [0.2, 0.25) is 0 Å². The van der Waals surface area contributed by atoms with Crippen molar-refractivity contribution < 1.29 is 13.9 Å². The van der Waals surface area contributed by atoms with E-state index in [1.807, 2.05) is 0 Å². The maximum Gasteiger partial charge on any atom is 0.243 e. The Bertz CT molecular complexity index is 666. The second-order valence-electron chi connectivity index (χ2n) is 6.98. The number of carbonyl (C=O) groups excluding carboxylic acids is 1. The third-order valence-corrected chi connectivity index (χ3v) is 5.50. The smallest absolute Gasteiger partial charge is 0.243 e. The first-order valence-electron chi connectivity index (χ1n) is 8.80. The minimum atomic E-state index is -0.325. The number of benzene rings is 1. The average Bonchev–Trinajstić information content (AvgIpc) is 3.30. The van der Waals surface area contributed by atoms with Gasteiger partial charge in [-0.05, 0) is 37.1 Å². The number of ether oxygens (including phenoxy) is 1. The van der Waals surface area contributed by atoms with Crippen LogP contribution in [-0.4, -0.2) is 55.7 Å². The summed E-state index contributed by atoms with van der Waals surface area (Å²) in [7, 11) is 1.74. The van der Waals surface area contributed by atoms with Crippen LogP contribution < -0.4 is 10.6 Å². The van der Waals surface area contributed by atoms with Gasteiger partial charge in [0.25, 0.3) is 0 Å². The minimum absolute atomic E-state index is 0. The summed E-state index contributed by atoms with van der Waals surface area (Å²) in [6, 6.07) is 5.72. The zero-order chi connectivity index (χ0) is 17.4. The molecule has 3 fully saturated rings. The predicted molar refractivity (Wildman–Crippen MR) is 108 cm³/mol. The summed E-state index contributed by atoms with van der Waals surface area (Å²) >= 11 is 0. The van der Waals surface area contributed by atoms with Crippen molar-refractivity contribution in [2.45, 2.75) is 25.0 Å². The molecule has 3 saturated heterocycles. The Morgan fingerprint density at radius 3 is 2.42 bits per heavy atom. The monoisotopic (exact) mass is 474 g/mol. The summed E-state index contributed by atoms with van der Waals surface area (Å²) in [5.74, 6) is 1.42. The SMILES string of the molecule is CN=C(NCC(=O)Nc1ccc(F)cc1)N1CC2C3CCC(O3)C2C1.I. The van der Waals surface area contributed by atoms with E-state index in [1.54, 1.807) is 19.2 Å². The van der Waals surface area contributed by atoms with Crippen LogP contribution in [0.15, 0.2) is 29.3 Å². The Balaban J connectivity index is 0.00000196. The molecule has 3 aliphatic rings. The zero-order valence-electron chi connectivity index (χ0n) is 14.7. The number of hydrogen-bond donors (Lipinski definition) is 2. The fourth-order valence-corrected chi connectivity index (χ4v) is 4.36. The van der Waals surface area contributed by atoms with E-state index in [0.717, 1.165) is 19.0 Å². The van der Waals surface area contributed by atoms with Crippen molar-refractivity contribution in [3.63, 3.8) is 0 Å². The maximum atomic E-state index is 12.9. The fraction of sp³-hybridized carbons (Fsp3) is 0.556. The van der Waals surface area contributed by atoms with Crippen LogP contribution in [0.25, 0.3) is 0 Å². The molecule has 0 aromatic heterocycles. The molecule has 4 unspecified atom stereocenters. The Kier molecular flexibility index (Phi) is 6.01. The van der Waals surface area contributed by atoms with Crippen LogP contribution in [0, 0.1) is 17.7 Å². The number of halogens is 2. The lowest BCUT2D eigenvalue weighted by Gasteiger charge is -2.23. The third-order valence-electron chi connectivity index (χ3n) is 5.50. The Hall–Kier alpha value is -1.42. The number of hydrogen-bond acceptors (Lipinski definition) is 3. The fourth-order valence-electron chi connectivity index (χ4n) is 4.36. The van der Waals surface area contributed by atoms with Gasteiger partial charge in [-0.2, -0.15) is 0 Å². The summed E-state index contributed by atoms with van der Waals surface area (Å²) in [4.78, 5) is 18.6. The van der Waals surface area contributed by atoms with Gasteiger partial charge in [0.05, 0.1) is 18.8 Å². The predicted octanol–water partition coefficient (Wildman–Crippen LogP) is 2.07. The Morgan fingerprint density at radius 2 is 1.85 bits per heavy atom. The van der Waals surface area contributed by atoms with Crippen molar-refractivity contribution in [1.29, 1.82) is 0 Å². The molecule has 1 amide bonds.